The number of rotatable bonds is 2. The third kappa shape index (κ3) is 2.26. The molecule has 1 aromatic heterocycles. The first-order chi connectivity index (χ1) is 7.70. The van der Waals surface area contributed by atoms with Gasteiger partial charge in [0.15, 0.2) is 0 Å². The third-order valence-electron chi connectivity index (χ3n) is 2.18. The van der Waals surface area contributed by atoms with Crippen LogP contribution in [0.3, 0.4) is 0 Å². The lowest BCUT2D eigenvalue weighted by Crippen LogP contribution is -2.00. The number of halogens is 1. The number of thiophene rings is 1. The van der Waals surface area contributed by atoms with E-state index in [4.69, 9.17) is 11.6 Å². The molecule has 0 atom stereocenters. The first-order valence-electron chi connectivity index (χ1n) is 4.63. The second-order valence-corrected chi connectivity index (χ2v) is 4.75. The fourth-order valence-corrected chi connectivity index (χ4v) is 2.29. The summed E-state index contributed by atoms with van der Waals surface area (Å²) in [6.45, 7) is 0. The molecule has 2 nitrogen and oxygen atoms in total. The van der Waals surface area contributed by atoms with Crippen molar-refractivity contribution in [3.8, 4) is 11.1 Å². The number of hydrogen-bond donors (Lipinski definition) is 0. The van der Waals surface area contributed by atoms with Gasteiger partial charge in [-0.1, -0.05) is 23.7 Å². The molecule has 0 aliphatic heterocycles. The van der Waals surface area contributed by atoms with E-state index in [2.05, 4.69) is 4.74 Å². The number of ether oxygens (including phenoxy) is 1. The second-order valence-electron chi connectivity index (χ2n) is 3.21. The van der Waals surface area contributed by atoms with Gasteiger partial charge in [-0.2, -0.15) is 0 Å². The molecule has 0 radical (unpaired) electrons. The second kappa shape index (κ2) is 4.68. The van der Waals surface area contributed by atoms with Crippen molar-refractivity contribution in [3.05, 3.63) is 45.6 Å². The molecule has 2 aromatic rings. The summed E-state index contributed by atoms with van der Waals surface area (Å²) < 4.78 is 5.40. The first-order valence-corrected chi connectivity index (χ1v) is 5.89. The van der Waals surface area contributed by atoms with Gasteiger partial charge in [0.2, 0.25) is 0 Å². The zero-order chi connectivity index (χ0) is 11.5. The van der Waals surface area contributed by atoms with Crippen molar-refractivity contribution in [1.29, 1.82) is 0 Å². The summed E-state index contributed by atoms with van der Waals surface area (Å²) in [5.41, 5.74) is 2.52. The lowest BCUT2D eigenvalue weighted by atomic mass is 10.1. The number of carbonyl (C=O) groups excluding carboxylic acids is 1. The van der Waals surface area contributed by atoms with Crippen molar-refractivity contribution in [1.82, 2.24) is 0 Å². The third-order valence-corrected chi connectivity index (χ3v) is 3.28. The highest BCUT2D eigenvalue weighted by molar-refractivity contribution is 7.14. The largest absolute Gasteiger partial charge is 0.465 e. The predicted molar refractivity (Wildman–Crippen MR) is 66.1 cm³/mol. The molecule has 0 aliphatic carbocycles. The fraction of sp³-hybridized carbons (Fsp3) is 0.0833. The summed E-state index contributed by atoms with van der Waals surface area (Å²) in [4.78, 5) is 11.4. The van der Waals surface area contributed by atoms with E-state index in [1.165, 1.54) is 18.4 Å². The lowest BCUT2D eigenvalue weighted by Gasteiger charge is -2.01. The highest BCUT2D eigenvalue weighted by Crippen LogP contribution is 2.29. The fourth-order valence-electron chi connectivity index (χ4n) is 1.41. The van der Waals surface area contributed by atoms with Crippen LogP contribution in [0.1, 0.15) is 10.4 Å². The molecule has 2 rings (SSSR count). The summed E-state index contributed by atoms with van der Waals surface area (Å²) in [5.74, 6) is -0.330. The van der Waals surface area contributed by atoms with Gasteiger partial charge < -0.3 is 4.74 Å². The lowest BCUT2D eigenvalue weighted by molar-refractivity contribution is 0.0601. The molecular formula is C12H9ClO2S. The van der Waals surface area contributed by atoms with Gasteiger partial charge in [0.1, 0.15) is 0 Å². The van der Waals surface area contributed by atoms with Gasteiger partial charge in [0, 0.05) is 5.38 Å². The Balaban J connectivity index is 2.39. The number of esters is 1. The quantitative estimate of drug-likeness (QED) is 0.759. The Labute approximate surface area is 102 Å². The summed E-state index contributed by atoms with van der Waals surface area (Å²) >= 11 is 7.34. The predicted octanol–water partition coefficient (Wildman–Crippen LogP) is 3.86. The summed E-state index contributed by atoms with van der Waals surface area (Å²) in [7, 11) is 1.37. The topological polar surface area (TPSA) is 26.3 Å². The Morgan fingerprint density at radius 3 is 2.75 bits per heavy atom. The number of hydrogen-bond acceptors (Lipinski definition) is 3. The van der Waals surface area contributed by atoms with Crippen molar-refractivity contribution < 1.29 is 9.53 Å². The average Bonchev–Trinajstić information content (AvgIpc) is 2.75. The maximum Gasteiger partial charge on any atom is 0.337 e. The minimum absolute atomic E-state index is 0.330. The molecule has 0 unspecified atom stereocenters. The Hall–Kier alpha value is -1.32. The van der Waals surface area contributed by atoms with Crippen LogP contribution in [0.5, 0.6) is 0 Å². The van der Waals surface area contributed by atoms with E-state index >= 15 is 0 Å². The van der Waals surface area contributed by atoms with Gasteiger partial charge in [0.05, 0.1) is 17.0 Å². The molecule has 1 aromatic carbocycles. The zero-order valence-electron chi connectivity index (χ0n) is 8.57. The molecule has 0 fully saturated rings. The smallest absolute Gasteiger partial charge is 0.337 e. The normalized spacial score (nSPS) is 10.1. The van der Waals surface area contributed by atoms with E-state index in [1.807, 2.05) is 23.6 Å². The van der Waals surface area contributed by atoms with Crippen LogP contribution in [-0.2, 0) is 4.74 Å². The standard InChI is InChI=1S/C12H9ClO2S/c1-15-12(14)9-4-2-3-8(5-9)10-6-11(13)16-7-10/h2-7H,1H3. The Bertz CT molecular complexity index is 519. The monoisotopic (exact) mass is 252 g/mol. The molecule has 0 spiro atoms. The Morgan fingerprint density at radius 2 is 2.12 bits per heavy atom. The molecule has 0 N–H and O–H groups in total. The van der Waals surface area contributed by atoms with Gasteiger partial charge in [-0.15, -0.1) is 11.3 Å². The van der Waals surface area contributed by atoms with Gasteiger partial charge in [-0.05, 0) is 29.3 Å². The molecule has 0 saturated heterocycles. The van der Waals surface area contributed by atoms with Crippen molar-refractivity contribution in [3.63, 3.8) is 0 Å². The van der Waals surface area contributed by atoms with Crippen LogP contribution in [-0.4, -0.2) is 13.1 Å². The molecule has 0 amide bonds. The maximum absolute atomic E-state index is 11.4. The molecule has 82 valence electrons. The molecule has 0 bridgehead atoms. The number of benzene rings is 1. The maximum atomic E-state index is 11.4. The molecule has 1 heterocycles. The van der Waals surface area contributed by atoms with Gasteiger partial charge in [-0.3, -0.25) is 0 Å². The minimum Gasteiger partial charge on any atom is -0.465 e. The summed E-state index contributed by atoms with van der Waals surface area (Å²) in [6.07, 6.45) is 0. The summed E-state index contributed by atoms with van der Waals surface area (Å²) in [5, 5.41) is 1.96. The van der Waals surface area contributed by atoms with E-state index in [1.54, 1.807) is 12.1 Å². The van der Waals surface area contributed by atoms with Crippen molar-refractivity contribution in [2.24, 2.45) is 0 Å². The molecular weight excluding hydrogens is 244 g/mol. The Morgan fingerprint density at radius 1 is 1.31 bits per heavy atom. The van der Waals surface area contributed by atoms with Crippen LogP contribution in [0, 0.1) is 0 Å². The molecule has 4 heteroatoms. The molecule has 0 saturated carbocycles. The van der Waals surface area contributed by atoms with E-state index < -0.39 is 0 Å². The van der Waals surface area contributed by atoms with Crippen LogP contribution < -0.4 is 0 Å². The number of methoxy groups -OCH3 is 1. The van der Waals surface area contributed by atoms with E-state index in [0.29, 0.717) is 5.56 Å². The van der Waals surface area contributed by atoms with Gasteiger partial charge in [-0.25, -0.2) is 4.79 Å². The summed E-state index contributed by atoms with van der Waals surface area (Å²) in [6, 6.07) is 9.16. The zero-order valence-corrected chi connectivity index (χ0v) is 10.1. The van der Waals surface area contributed by atoms with Crippen molar-refractivity contribution in [2.75, 3.05) is 7.11 Å². The molecule has 16 heavy (non-hydrogen) atoms. The van der Waals surface area contributed by atoms with E-state index in [0.717, 1.165) is 15.5 Å². The van der Waals surface area contributed by atoms with Crippen LogP contribution >= 0.6 is 22.9 Å². The Kier molecular flexibility index (Phi) is 3.27. The van der Waals surface area contributed by atoms with Crippen LogP contribution in [0.2, 0.25) is 4.34 Å². The van der Waals surface area contributed by atoms with Crippen molar-refractivity contribution in [2.45, 2.75) is 0 Å². The van der Waals surface area contributed by atoms with Crippen molar-refractivity contribution >= 4 is 28.9 Å². The molecule has 0 aliphatic rings. The minimum atomic E-state index is -0.330. The van der Waals surface area contributed by atoms with Gasteiger partial charge >= 0.3 is 5.97 Å². The first kappa shape index (κ1) is 11.2. The number of carbonyl (C=O) groups is 1. The van der Waals surface area contributed by atoms with Gasteiger partial charge in [0.25, 0.3) is 0 Å². The van der Waals surface area contributed by atoms with Crippen LogP contribution in [0.4, 0.5) is 0 Å². The van der Waals surface area contributed by atoms with E-state index in [9.17, 15) is 4.79 Å². The SMILES string of the molecule is COC(=O)c1cccc(-c2csc(Cl)c2)c1. The van der Waals surface area contributed by atoms with Crippen LogP contribution in [0.15, 0.2) is 35.7 Å². The highest BCUT2D eigenvalue weighted by atomic mass is 35.5. The van der Waals surface area contributed by atoms with E-state index in [-0.39, 0.29) is 5.97 Å². The highest BCUT2D eigenvalue weighted by Gasteiger charge is 2.07. The van der Waals surface area contributed by atoms with Crippen LogP contribution in [0.25, 0.3) is 11.1 Å². The average molecular weight is 253 g/mol.